The lowest BCUT2D eigenvalue weighted by molar-refractivity contribution is -0.140. The third-order valence-corrected chi connectivity index (χ3v) is 5.21. The molecule has 9 heteroatoms. The standard InChI is InChI=1S/C13H23N7O2/c1-18-5-2-3-13(9-21)4-6-19(7-10(13)18)11(22)8-20-12(14)15-16-17-20/h10,21H,2-9H2,1H3,(H2,14,15,17)/t10-,13-/m1/s1. The third-order valence-electron chi connectivity index (χ3n) is 5.21. The maximum absolute atomic E-state index is 12.5. The molecule has 2 saturated heterocycles. The van der Waals surface area contributed by atoms with E-state index in [1.165, 1.54) is 4.68 Å². The van der Waals surface area contributed by atoms with Gasteiger partial charge in [0.2, 0.25) is 11.9 Å². The summed E-state index contributed by atoms with van der Waals surface area (Å²) < 4.78 is 1.31. The van der Waals surface area contributed by atoms with E-state index >= 15 is 0 Å². The minimum Gasteiger partial charge on any atom is -0.396 e. The smallest absolute Gasteiger partial charge is 0.244 e. The Bertz CT molecular complexity index is 548. The minimum atomic E-state index is -0.0718. The second-order valence-electron chi connectivity index (χ2n) is 6.40. The first-order valence-electron chi connectivity index (χ1n) is 7.66. The lowest BCUT2D eigenvalue weighted by Crippen LogP contribution is -2.62. The van der Waals surface area contributed by atoms with Crippen molar-refractivity contribution >= 4 is 11.9 Å². The summed E-state index contributed by atoms with van der Waals surface area (Å²) in [6, 6.07) is 0.204. The number of likely N-dealkylation sites (tertiary alicyclic amines) is 2. The molecule has 122 valence electrons. The number of hydrogen-bond acceptors (Lipinski definition) is 7. The van der Waals surface area contributed by atoms with Gasteiger partial charge >= 0.3 is 0 Å². The summed E-state index contributed by atoms with van der Waals surface area (Å²) in [4.78, 5) is 16.6. The molecule has 0 aromatic carbocycles. The quantitative estimate of drug-likeness (QED) is 0.703. The number of nitrogens with zero attached hydrogens (tertiary/aromatic N) is 6. The van der Waals surface area contributed by atoms with Gasteiger partial charge in [0.1, 0.15) is 6.54 Å². The van der Waals surface area contributed by atoms with E-state index in [9.17, 15) is 9.90 Å². The number of tetrazole rings is 1. The van der Waals surface area contributed by atoms with Crippen LogP contribution in [0.3, 0.4) is 0 Å². The van der Waals surface area contributed by atoms with Gasteiger partial charge in [0.15, 0.2) is 0 Å². The predicted molar refractivity (Wildman–Crippen MR) is 78.6 cm³/mol. The molecule has 0 spiro atoms. The molecular weight excluding hydrogens is 286 g/mol. The number of anilines is 1. The third kappa shape index (κ3) is 2.54. The van der Waals surface area contributed by atoms with Crippen molar-refractivity contribution < 1.29 is 9.90 Å². The molecular formula is C13H23N7O2. The molecule has 9 nitrogen and oxygen atoms in total. The van der Waals surface area contributed by atoms with Crippen LogP contribution in [-0.4, -0.2) is 80.4 Å². The van der Waals surface area contributed by atoms with E-state index in [2.05, 4.69) is 27.5 Å². The largest absolute Gasteiger partial charge is 0.396 e. The van der Waals surface area contributed by atoms with E-state index in [1.807, 2.05) is 4.90 Å². The number of nitrogens with two attached hydrogens (primary N) is 1. The first-order chi connectivity index (χ1) is 10.6. The van der Waals surface area contributed by atoms with Crippen molar-refractivity contribution in [3.8, 4) is 0 Å². The van der Waals surface area contributed by atoms with Gasteiger partial charge in [0.05, 0.1) is 6.61 Å². The predicted octanol–water partition coefficient (Wildman–Crippen LogP) is -1.44. The lowest BCUT2D eigenvalue weighted by Gasteiger charge is -2.53. The van der Waals surface area contributed by atoms with Crippen LogP contribution in [0.25, 0.3) is 0 Å². The van der Waals surface area contributed by atoms with Crippen molar-refractivity contribution in [3.63, 3.8) is 0 Å². The molecule has 2 aliphatic heterocycles. The van der Waals surface area contributed by atoms with Crippen LogP contribution in [-0.2, 0) is 11.3 Å². The molecule has 0 aliphatic carbocycles. The van der Waals surface area contributed by atoms with E-state index in [0.29, 0.717) is 13.1 Å². The molecule has 0 radical (unpaired) electrons. The van der Waals surface area contributed by atoms with Gasteiger partial charge in [-0.25, -0.2) is 4.68 Å². The van der Waals surface area contributed by atoms with Gasteiger partial charge in [0, 0.05) is 24.5 Å². The Morgan fingerprint density at radius 2 is 2.27 bits per heavy atom. The fourth-order valence-electron chi connectivity index (χ4n) is 3.80. The van der Waals surface area contributed by atoms with Crippen LogP contribution in [0.15, 0.2) is 0 Å². The van der Waals surface area contributed by atoms with Gasteiger partial charge in [0.25, 0.3) is 0 Å². The Morgan fingerprint density at radius 3 is 2.95 bits per heavy atom. The Balaban J connectivity index is 1.70. The van der Waals surface area contributed by atoms with Crippen molar-refractivity contribution in [1.82, 2.24) is 30.0 Å². The normalized spacial score (nSPS) is 29.4. The average Bonchev–Trinajstić information content (AvgIpc) is 2.92. The SMILES string of the molecule is CN1CCC[C@]2(CO)CCN(C(=O)Cn3nnnc3N)C[C@@H]12. The highest BCUT2D eigenvalue weighted by atomic mass is 16.3. The molecule has 3 N–H and O–H groups in total. The number of piperidine rings is 2. The molecule has 2 atom stereocenters. The van der Waals surface area contributed by atoms with E-state index in [4.69, 9.17) is 5.73 Å². The highest BCUT2D eigenvalue weighted by Crippen LogP contribution is 2.41. The number of carbonyl (C=O) groups is 1. The van der Waals surface area contributed by atoms with Crippen molar-refractivity contribution in [2.24, 2.45) is 5.41 Å². The van der Waals surface area contributed by atoms with Crippen molar-refractivity contribution in [3.05, 3.63) is 0 Å². The number of rotatable bonds is 3. The van der Waals surface area contributed by atoms with E-state index in [0.717, 1.165) is 25.8 Å². The summed E-state index contributed by atoms with van der Waals surface area (Å²) in [5, 5.41) is 20.6. The second-order valence-corrected chi connectivity index (χ2v) is 6.40. The molecule has 2 aliphatic rings. The van der Waals surface area contributed by atoms with Crippen molar-refractivity contribution in [2.75, 3.05) is 39.0 Å². The number of nitrogen functional groups attached to an aromatic ring is 1. The zero-order valence-corrected chi connectivity index (χ0v) is 12.9. The van der Waals surface area contributed by atoms with E-state index < -0.39 is 0 Å². The average molecular weight is 309 g/mol. The zero-order chi connectivity index (χ0) is 15.7. The van der Waals surface area contributed by atoms with Gasteiger partial charge in [-0.1, -0.05) is 5.10 Å². The molecule has 1 aromatic rings. The molecule has 1 amide bonds. The van der Waals surface area contributed by atoms with Crippen molar-refractivity contribution in [1.29, 1.82) is 0 Å². The summed E-state index contributed by atoms with van der Waals surface area (Å²) in [7, 11) is 2.07. The van der Waals surface area contributed by atoms with Crippen LogP contribution < -0.4 is 5.73 Å². The van der Waals surface area contributed by atoms with Crippen LogP contribution in [0.5, 0.6) is 0 Å². The van der Waals surface area contributed by atoms with E-state index in [-0.39, 0.29) is 36.5 Å². The summed E-state index contributed by atoms with van der Waals surface area (Å²) in [6.07, 6.45) is 2.96. The Morgan fingerprint density at radius 1 is 1.45 bits per heavy atom. The maximum atomic E-state index is 12.5. The van der Waals surface area contributed by atoms with Crippen LogP contribution in [0, 0.1) is 5.41 Å². The number of hydrogen-bond donors (Lipinski definition) is 2. The number of amides is 1. The summed E-state index contributed by atoms with van der Waals surface area (Å²) in [5.74, 6) is 0.106. The Labute approximate surface area is 129 Å². The summed E-state index contributed by atoms with van der Waals surface area (Å²) in [5.41, 5.74) is 5.53. The highest BCUT2D eigenvalue weighted by Gasteiger charge is 2.47. The minimum absolute atomic E-state index is 0.0375. The molecule has 3 rings (SSSR count). The lowest BCUT2D eigenvalue weighted by atomic mass is 9.69. The molecule has 3 heterocycles. The molecule has 0 saturated carbocycles. The van der Waals surface area contributed by atoms with E-state index in [1.54, 1.807) is 0 Å². The van der Waals surface area contributed by atoms with Gasteiger partial charge in [-0.2, -0.15) is 0 Å². The number of carbonyl (C=O) groups excluding carboxylic acids is 1. The number of aromatic nitrogens is 4. The molecule has 0 unspecified atom stereocenters. The van der Waals surface area contributed by atoms with Gasteiger partial charge in [-0.15, -0.1) is 0 Å². The van der Waals surface area contributed by atoms with Crippen molar-refractivity contribution in [2.45, 2.75) is 31.8 Å². The molecule has 0 bridgehead atoms. The number of aliphatic hydroxyl groups is 1. The summed E-state index contributed by atoms with van der Waals surface area (Å²) >= 11 is 0. The Kier molecular flexibility index (Phi) is 4.00. The molecule has 22 heavy (non-hydrogen) atoms. The van der Waals surface area contributed by atoms with Crippen LogP contribution in [0.4, 0.5) is 5.95 Å². The highest BCUT2D eigenvalue weighted by molar-refractivity contribution is 5.76. The number of aliphatic hydroxyl groups excluding tert-OH is 1. The maximum Gasteiger partial charge on any atom is 0.244 e. The van der Waals surface area contributed by atoms with Gasteiger partial charge in [-0.05, 0) is 43.3 Å². The van der Waals surface area contributed by atoms with Gasteiger partial charge in [-0.3, -0.25) is 4.79 Å². The topological polar surface area (TPSA) is 113 Å². The number of likely N-dealkylation sites (N-methyl/N-ethyl adjacent to an activating group) is 1. The number of fused-ring (bicyclic) bond motifs is 1. The fraction of sp³-hybridized carbons (Fsp3) is 0.846. The fourth-order valence-corrected chi connectivity index (χ4v) is 3.80. The Hall–Kier alpha value is -1.74. The first-order valence-corrected chi connectivity index (χ1v) is 7.66. The summed E-state index contributed by atoms with van der Waals surface area (Å²) in [6.45, 7) is 2.55. The molecule has 1 aromatic heterocycles. The first kappa shape index (κ1) is 15.2. The van der Waals surface area contributed by atoms with Crippen LogP contribution in [0.1, 0.15) is 19.3 Å². The zero-order valence-electron chi connectivity index (χ0n) is 12.9. The van der Waals surface area contributed by atoms with Crippen LogP contribution in [0.2, 0.25) is 0 Å². The van der Waals surface area contributed by atoms with Crippen LogP contribution >= 0.6 is 0 Å². The monoisotopic (exact) mass is 309 g/mol. The molecule has 2 fully saturated rings. The van der Waals surface area contributed by atoms with Gasteiger partial charge < -0.3 is 20.6 Å². The second kappa shape index (κ2) is 5.81.